The number of aromatic nitrogens is 1. The lowest BCUT2D eigenvalue weighted by Crippen LogP contribution is -2.39. The van der Waals surface area contributed by atoms with Gasteiger partial charge in [0, 0.05) is 23.5 Å². The number of hydrogen-bond acceptors (Lipinski definition) is 3. The third kappa shape index (κ3) is 4.11. The molecule has 0 amide bonds. The van der Waals surface area contributed by atoms with E-state index in [0.717, 1.165) is 53.0 Å². The van der Waals surface area contributed by atoms with Crippen molar-refractivity contribution in [1.82, 2.24) is 4.98 Å². The SMILES string of the molecule is CC1[C@@H]2C[C@@H](CC2C2CCCC(OC(=O)C(N)Cc3c[nH]c4ccccc34)C2)CC1(C)C. The van der Waals surface area contributed by atoms with Gasteiger partial charge in [-0.3, -0.25) is 4.79 Å². The number of rotatable bonds is 5. The third-order valence-corrected chi connectivity index (χ3v) is 9.42. The van der Waals surface area contributed by atoms with E-state index in [2.05, 4.69) is 31.8 Å². The molecule has 3 saturated carbocycles. The first-order valence-electron chi connectivity index (χ1n) is 12.8. The second-order valence-corrected chi connectivity index (χ2v) is 11.8. The molecule has 7 atom stereocenters. The first-order chi connectivity index (χ1) is 15.3. The third-order valence-electron chi connectivity index (χ3n) is 9.42. The topological polar surface area (TPSA) is 68.1 Å². The van der Waals surface area contributed by atoms with E-state index in [4.69, 9.17) is 10.5 Å². The van der Waals surface area contributed by atoms with Crippen LogP contribution in [0.4, 0.5) is 0 Å². The van der Waals surface area contributed by atoms with Crippen LogP contribution in [-0.4, -0.2) is 23.1 Å². The summed E-state index contributed by atoms with van der Waals surface area (Å²) in [4.78, 5) is 16.1. The standard InChI is InChI=1S/C28H40N2O2/c1-17-23-11-18(15-28(17,2)3)12-24(23)19-7-6-8-21(13-19)32-27(31)25(29)14-20-16-30-26-10-5-4-9-22(20)26/h4-5,9-10,16-19,21,23-25,30H,6-8,11-15,29H2,1-3H3/t17?,18-,19?,21?,23-,24?,25?/m0/s1. The summed E-state index contributed by atoms with van der Waals surface area (Å²) in [6.45, 7) is 7.43. The minimum absolute atomic E-state index is 0.0408. The highest BCUT2D eigenvalue weighted by molar-refractivity contribution is 5.84. The predicted octanol–water partition coefficient (Wildman–Crippen LogP) is 5.85. The van der Waals surface area contributed by atoms with E-state index < -0.39 is 6.04 Å². The number of nitrogens with two attached hydrogens (primary N) is 1. The van der Waals surface area contributed by atoms with Crippen molar-refractivity contribution in [2.45, 2.75) is 84.3 Å². The molecule has 3 fully saturated rings. The number of fused-ring (bicyclic) bond motifs is 3. The molecule has 4 heteroatoms. The maximum absolute atomic E-state index is 12.9. The molecule has 3 aliphatic rings. The normalized spacial score (nSPS) is 35.0. The van der Waals surface area contributed by atoms with E-state index in [9.17, 15) is 4.79 Å². The van der Waals surface area contributed by atoms with Crippen LogP contribution in [0.25, 0.3) is 10.9 Å². The lowest BCUT2D eigenvalue weighted by Gasteiger charge is -2.44. The summed E-state index contributed by atoms with van der Waals surface area (Å²) in [5.74, 6) is 3.84. The fraction of sp³-hybridized carbons (Fsp3) is 0.679. The summed E-state index contributed by atoms with van der Waals surface area (Å²) >= 11 is 0. The molecule has 4 nitrogen and oxygen atoms in total. The van der Waals surface area contributed by atoms with Crippen molar-refractivity contribution in [2.24, 2.45) is 40.7 Å². The van der Waals surface area contributed by atoms with Gasteiger partial charge in [-0.1, -0.05) is 39.0 Å². The van der Waals surface area contributed by atoms with Gasteiger partial charge in [0.25, 0.3) is 0 Å². The second kappa shape index (κ2) is 8.52. The Hall–Kier alpha value is -1.81. The van der Waals surface area contributed by atoms with Gasteiger partial charge in [-0.25, -0.2) is 0 Å². The molecular formula is C28H40N2O2. The highest BCUT2D eigenvalue weighted by Crippen LogP contribution is 2.59. The molecule has 2 aromatic rings. The quantitative estimate of drug-likeness (QED) is 0.578. The molecule has 3 aliphatic carbocycles. The molecule has 174 valence electrons. The highest BCUT2D eigenvalue weighted by Gasteiger charge is 2.51. The molecule has 32 heavy (non-hydrogen) atoms. The number of aromatic amines is 1. The average Bonchev–Trinajstić information content (AvgIpc) is 3.35. The maximum atomic E-state index is 12.9. The van der Waals surface area contributed by atoms with Gasteiger partial charge in [0.1, 0.15) is 12.1 Å². The predicted molar refractivity (Wildman–Crippen MR) is 129 cm³/mol. The number of carbonyl (C=O) groups is 1. The molecule has 5 rings (SSSR count). The Morgan fingerprint density at radius 3 is 2.81 bits per heavy atom. The van der Waals surface area contributed by atoms with Crippen molar-refractivity contribution >= 4 is 16.9 Å². The van der Waals surface area contributed by atoms with Crippen LogP contribution in [0.2, 0.25) is 0 Å². The lowest BCUT2D eigenvalue weighted by molar-refractivity contribution is -0.153. The highest BCUT2D eigenvalue weighted by atomic mass is 16.5. The van der Waals surface area contributed by atoms with Gasteiger partial charge in [0.05, 0.1) is 0 Å². The summed E-state index contributed by atoms with van der Waals surface area (Å²) in [5, 5.41) is 1.14. The Morgan fingerprint density at radius 1 is 1.19 bits per heavy atom. The molecule has 0 spiro atoms. The molecule has 1 aromatic carbocycles. The molecule has 1 heterocycles. The van der Waals surface area contributed by atoms with Gasteiger partial charge in [0.15, 0.2) is 0 Å². The lowest BCUT2D eigenvalue weighted by atomic mass is 9.62. The molecule has 0 radical (unpaired) electrons. The van der Waals surface area contributed by atoms with E-state index in [-0.39, 0.29) is 12.1 Å². The van der Waals surface area contributed by atoms with Crippen molar-refractivity contribution in [3.05, 3.63) is 36.0 Å². The van der Waals surface area contributed by atoms with Crippen molar-refractivity contribution in [2.75, 3.05) is 0 Å². The summed E-state index contributed by atoms with van der Waals surface area (Å²) in [6, 6.07) is 7.54. The number of nitrogens with one attached hydrogen (secondary N) is 1. The van der Waals surface area contributed by atoms with E-state index in [1.165, 1.54) is 32.1 Å². The molecule has 0 saturated heterocycles. The number of H-pyrrole nitrogens is 1. The Bertz CT molecular complexity index is 963. The number of esters is 1. The van der Waals surface area contributed by atoms with Crippen LogP contribution in [0.1, 0.15) is 71.3 Å². The van der Waals surface area contributed by atoms with Crippen LogP contribution in [0.3, 0.4) is 0 Å². The number of benzene rings is 1. The monoisotopic (exact) mass is 436 g/mol. The maximum Gasteiger partial charge on any atom is 0.323 e. The van der Waals surface area contributed by atoms with Crippen LogP contribution >= 0.6 is 0 Å². The summed E-state index contributed by atoms with van der Waals surface area (Å²) in [6.07, 6.45) is 11.2. The minimum atomic E-state index is -0.610. The van der Waals surface area contributed by atoms with Crippen molar-refractivity contribution in [1.29, 1.82) is 0 Å². The van der Waals surface area contributed by atoms with Gasteiger partial charge in [-0.2, -0.15) is 0 Å². The zero-order valence-corrected chi connectivity index (χ0v) is 20.0. The first kappa shape index (κ1) is 22.0. The zero-order valence-electron chi connectivity index (χ0n) is 20.0. The van der Waals surface area contributed by atoms with Gasteiger partial charge in [-0.05, 0) is 91.6 Å². The van der Waals surface area contributed by atoms with Crippen LogP contribution in [0.5, 0.6) is 0 Å². The molecule has 0 aliphatic heterocycles. The number of hydrogen-bond donors (Lipinski definition) is 2. The summed E-state index contributed by atoms with van der Waals surface area (Å²) < 4.78 is 6.01. The summed E-state index contributed by atoms with van der Waals surface area (Å²) in [5.41, 5.74) is 8.94. The largest absolute Gasteiger partial charge is 0.461 e. The van der Waals surface area contributed by atoms with Gasteiger partial charge in [-0.15, -0.1) is 0 Å². The number of ether oxygens (including phenoxy) is 1. The van der Waals surface area contributed by atoms with Gasteiger partial charge < -0.3 is 15.5 Å². The first-order valence-corrected chi connectivity index (χ1v) is 12.8. The number of para-hydroxylation sites is 1. The fourth-order valence-corrected chi connectivity index (χ4v) is 7.56. The molecule has 1 aromatic heterocycles. The van der Waals surface area contributed by atoms with Crippen LogP contribution < -0.4 is 5.73 Å². The van der Waals surface area contributed by atoms with Crippen molar-refractivity contribution < 1.29 is 9.53 Å². The smallest absolute Gasteiger partial charge is 0.323 e. The van der Waals surface area contributed by atoms with Gasteiger partial charge in [0.2, 0.25) is 0 Å². The number of carbonyl (C=O) groups excluding carboxylic acids is 1. The Labute approximate surface area is 192 Å². The van der Waals surface area contributed by atoms with Crippen molar-refractivity contribution in [3.8, 4) is 0 Å². The molecule has 5 unspecified atom stereocenters. The molecule has 3 N–H and O–H groups in total. The van der Waals surface area contributed by atoms with E-state index in [1.54, 1.807) is 0 Å². The molecule has 2 bridgehead atoms. The van der Waals surface area contributed by atoms with E-state index in [1.807, 2.05) is 24.4 Å². The fourth-order valence-electron chi connectivity index (χ4n) is 7.56. The Balaban J connectivity index is 1.19. The van der Waals surface area contributed by atoms with E-state index >= 15 is 0 Å². The zero-order chi connectivity index (χ0) is 22.5. The van der Waals surface area contributed by atoms with Crippen LogP contribution in [0, 0.1) is 35.0 Å². The summed E-state index contributed by atoms with van der Waals surface area (Å²) in [7, 11) is 0. The van der Waals surface area contributed by atoms with Crippen molar-refractivity contribution in [3.63, 3.8) is 0 Å². The van der Waals surface area contributed by atoms with Crippen LogP contribution in [-0.2, 0) is 16.0 Å². The average molecular weight is 437 g/mol. The van der Waals surface area contributed by atoms with Gasteiger partial charge >= 0.3 is 5.97 Å². The van der Waals surface area contributed by atoms with E-state index in [0.29, 0.717) is 17.8 Å². The van der Waals surface area contributed by atoms with Crippen LogP contribution in [0.15, 0.2) is 30.5 Å². The minimum Gasteiger partial charge on any atom is -0.461 e. The Morgan fingerprint density at radius 2 is 1.97 bits per heavy atom. The second-order valence-electron chi connectivity index (χ2n) is 11.8. The Kier molecular flexibility index (Phi) is 5.86. The molecular weight excluding hydrogens is 396 g/mol.